The average molecular weight is 348 g/mol. The number of rotatable bonds is 3. The number of benzene rings is 3. The average Bonchev–Trinajstić information content (AvgIpc) is 3.20. The molecule has 0 bridgehead atoms. The summed E-state index contributed by atoms with van der Waals surface area (Å²) in [4.78, 5) is 0. The Hall–Kier alpha value is -2.86. The van der Waals surface area contributed by atoms with E-state index in [1.165, 1.54) is 44.5 Å². The lowest BCUT2D eigenvalue weighted by atomic mass is 9.88. The van der Waals surface area contributed by atoms with E-state index in [4.69, 9.17) is 0 Å². The summed E-state index contributed by atoms with van der Waals surface area (Å²) in [6.45, 7) is 4.54. The van der Waals surface area contributed by atoms with E-state index in [0.29, 0.717) is 11.8 Å². The number of hydrogen-bond donors (Lipinski definition) is 0. The third-order valence-electron chi connectivity index (χ3n) is 6.14. The lowest BCUT2D eigenvalue weighted by Gasteiger charge is -2.16. The Morgan fingerprint density at radius 2 is 1.30 bits per heavy atom. The normalized spacial score (nSPS) is 20.1. The summed E-state index contributed by atoms with van der Waals surface area (Å²) >= 11 is 0. The molecule has 2 aliphatic rings. The molecule has 2 aliphatic carbocycles. The van der Waals surface area contributed by atoms with Gasteiger partial charge in [-0.1, -0.05) is 91.9 Å². The molecule has 0 fully saturated rings. The van der Waals surface area contributed by atoms with Crippen LogP contribution >= 0.6 is 0 Å². The monoisotopic (exact) mass is 348 g/mol. The first-order chi connectivity index (χ1) is 13.2. The highest BCUT2D eigenvalue weighted by Crippen LogP contribution is 2.42. The predicted octanol–water partition coefficient (Wildman–Crippen LogP) is 6.98. The van der Waals surface area contributed by atoms with Crippen LogP contribution in [0, 0.1) is 0 Å². The molecular weight excluding hydrogens is 324 g/mol. The van der Waals surface area contributed by atoms with E-state index in [-0.39, 0.29) is 0 Å². The molecule has 0 aromatic heterocycles. The molecule has 0 spiro atoms. The molecule has 0 heterocycles. The minimum atomic E-state index is 0.469. The zero-order valence-electron chi connectivity index (χ0n) is 15.9. The van der Waals surface area contributed by atoms with Crippen LogP contribution in [0.4, 0.5) is 0 Å². The van der Waals surface area contributed by atoms with E-state index in [9.17, 15) is 0 Å². The Labute approximate surface area is 161 Å². The van der Waals surface area contributed by atoms with Crippen molar-refractivity contribution in [3.8, 4) is 0 Å². The Balaban J connectivity index is 1.55. The van der Waals surface area contributed by atoms with Crippen LogP contribution in [0.15, 0.2) is 84.9 Å². The van der Waals surface area contributed by atoms with E-state index in [1.807, 2.05) is 0 Å². The summed E-state index contributed by atoms with van der Waals surface area (Å²) in [5, 5.41) is 0. The van der Waals surface area contributed by atoms with Gasteiger partial charge in [-0.2, -0.15) is 0 Å². The summed E-state index contributed by atoms with van der Waals surface area (Å²) < 4.78 is 0. The van der Waals surface area contributed by atoms with Gasteiger partial charge in [-0.15, -0.1) is 0 Å². The van der Waals surface area contributed by atoms with Crippen molar-refractivity contribution < 1.29 is 0 Å². The van der Waals surface area contributed by atoms with Crippen LogP contribution in [0.25, 0.3) is 11.1 Å². The molecule has 2 unspecified atom stereocenters. The van der Waals surface area contributed by atoms with E-state index >= 15 is 0 Å². The molecule has 0 N–H and O–H groups in total. The summed E-state index contributed by atoms with van der Waals surface area (Å²) in [5.74, 6) is 0.954. The smallest absolute Gasteiger partial charge is 0.00705 e. The minimum absolute atomic E-state index is 0.469. The maximum atomic E-state index is 2.45. The van der Waals surface area contributed by atoms with Gasteiger partial charge in [0.1, 0.15) is 0 Å². The quantitative estimate of drug-likeness (QED) is 0.479. The van der Waals surface area contributed by atoms with Gasteiger partial charge in [0.2, 0.25) is 0 Å². The van der Waals surface area contributed by atoms with E-state index in [2.05, 4.69) is 98.8 Å². The van der Waals surface area contributed by atoms with Crippen LogP contribution in [-0.2, 0) is 6.42 Å². The zero-order valence-corrected chi connectivity index (χ0v) is 15.9. The molecule has 0 radical (unpaired) electrons. The third-order valence-corrected chi connectivity index (χ3v) is 6.14. The highest BCUT2D eigenvalue weighted by atomic mass is 14.3. The molecule has 0 saturated carbocycles. The van der Waals surface area contributed by atoms with Gasteiger partial charge in [-0.25, -0.2) is 0 Å². The predicted molar refractivity (Wildman–Crippen MR) is 115 cm³/mol. The van der Waals surface area contributed by atoms with Crippen molar-refractivity contribution in [3.05, 3.63) is 118 Å². The van der Waals surface area contributed by atoms with E-state index in [0.717, 1.165) is 6.42 Å². The van der Waals surface area contributed by atoms with Crippen LogP contribution in [0.3, 0.4) is 0 Å². The molecular formula is C27H24. The molecule has 3 aromatic rings. The first-order valence-corrected chi connectivity index (χ1v) is 9.89. The fourth-order valence-corrected chi connectivity index (χ4v) is 4.83. The van der Waals surface area contributed by atoms with Gasteiger partial charge in [0.25, 0.3) is 0 Å². The lowest BCUT2D eigenvalue weighted by molar-refractivity contribution is 0.847. The van der Waals surface area contributed by atoms with E-state index < -0.39 is 0 Å². The molecule has 132 valence electrons. The van der Waals surface area contributed by atoms with Gasteiger partial charge in [0.15, 0.2) is 0 Å². The van der Waals surface area contributed by atoms with Crippen LogP contribution in [-0.4, -0.2) is 0 Å². The Bertz CT molecular complexity index is 1080. The van der Waals surface area contributed by atoms with Crippen molar-refractivity contribution in [2.75, 3.05) is 0 Å². The highest BCUT2D eigenvalue weighted by Gasteiger charge is 2.25. The van der Waals surface area contributed by atoms with Gasteiger partial charge in [0, 0.05) is 11.8 Å². The minimum Gasteiger partial charge on any atom is -0.0731 e. The molecule has 0 nitrogen and oxygen atoms in total. The van der Waals surface area contributed by atoms with Crippen molar-refractivity contribution in [3.63, 3.8) is 0 Å². The summed E-state index contributed by atoms with van der Waals surface area (Å²) in [5.41, 5.74) is 11.4. The molecule has 0 aliphatic heterocycles. The zero-order chi connectivity index (χ0) is 18.4. The second kappa shape index (κ2) is 6.39. The van der Waals surface area contributed by atoms with Crippen molar-refractivity contribution >= 4 is 11.1 Å². The Morgan fingerprint density at radius 1 is 0.667 bits per heavy atom. The van der Waals surface area contributed by atoms with Gasteiger partial charge >= 0.3 is 0 Å². The first kappa shape index (κ1) is 16.3. The fraction of sp³-hybridized carbons (Fsp3) is 0.185. The largest absolute Gasteiger partial charge is 0.0731 e. The van der Waals surface area contributed by atoms with Crippen molar-refractivity contribution in [2.24, 2.45) is 0 Å². The molecule has 0 saturated heterocycles. The van der Waals surface area contributed by atoms with E-state index in [1.54, 1.807) is 0 Å². The number of fused-ring (bicyclic) bond motifs is 2. The second-order valence-corrected chi connectivity index (χ2v) is 7.86. The topological polar surface area (TPSA) is 0 Å². The third kappa shape index (κ3) is 2.68. The van der Waals surface area contributed by atoms with Crippen molar-refractivity contribution in [1.82, 2.24) is 0 Å². The number of hydrogen-bond acceptors (Lipinski definition) is 0. The molecule has 5 rings (SSSR count). The summed E-state index contributed by atoms with van der Waals surface area (Å²) in [6, 6.07) is 26.7. The van der Waals surface area contributed by atoms with Crippen LogP contribution in [0.1, 0.15) is 59.1 Å². The molecule has 0 heteroatoms. The Morgan fingerprint density at radius 3 is 2.11 bits per heavy atom. The van der Waals surface area contributed by atoms with Gasteiger partial charge in [0.05, 0.1) is 0 Å². The Kier molecular flexibility index (Phi) is 3.86. The van der Waals surface area contributed by atoms with Crippen LogP contribution in [0.5, 0.6) is 0 Å². The van der Waals surface area contributed by atoms with Crippen molar-refractivity contribution in [1.29, 1.82) is 0 Å². The lowest BCUT2D eigenvalue weighted by Crippen LogP contribution is -2.02. The SMILES string of the molecule is CC1=CC(Cc2ccccc2C2=CC(C)c3ccccc32)c2ccccc21. The van der Waals surface area contributed by atoms with Crippen LogP contribution in [0.2, 0.25) is 0 Å². The summed E-state index contributed by atoms with van der Waals surface area (Å²) in [6.07, 6.45) is 5.94. The standard InChI is InChI=1S/C27H24/c1-18-15-21(25-13-7-5-10-22(18)25)17-20-9-3-4-12-24(20)27-16-19(2)23-11-6-8-14-26(23)27/h3-16,19,21H,17H2,1-2H3. The summed E-state index contributed by atoms with van der Waals surface area (Å²) in [7, 11) is 0. The fourth-order valence-electron chi connectivity index (χ4n) is 4.83. The second-order valence-electron chi connectivity index (χ2n) is 7.86. The maximum absolute atomic E-state index is 2.45. The molecule has 2 atom stereocenters. The first-order valence-electron chi connectivity index (χ1n) is 9.89. The highest BCUT2D eigenvalue weighted by molar-refractivity contribution is 5.87. The molecule has 3 aromatic carbocycles. The molecule has 0 amide bonds. The van der Waals surface area contributed by atoms with Crippen molar-refractivity contribution in [2.45, 2.75) is 32.1 Å². The van der Waals surface area contributed by atoms with Gasteiger partial charge in [-0.3, -0.25) is 0 Å². The van der Waals surface area contributed by atoms with Crippen LogP contribution < -0.4 is 0 Å². The maximum Gasteiger partial charge on any atom is 0.00705 e. The number of allylic oxidation sites excluding steroid dienone is 3. The molecule has 27 heavy (non-hydrogen) atoms. The van der Waals surface area contributed by atoms with Gasteiger partial charge < -0.3 is 0 Å². The van der Waals surface area contributed by atoms with Gasteiger partial charge in [-0.05, 0) is 57.9 Å².